The van der Waals surface area contributed by atoms with Gasteiger partial charge in [0.15, 0.2) is 5.13 Å². The van der Waals surface area contributed by atoms with Gasteiger partial charge in [0, 0.05) is 12.1 Å². The minimum absolute atomic E-state index is 0. The second-order valence-corrected chi connectivity index (χ2v) is 8.57. The Morgan fingerprint density at radius 3 is 2.45 bits per heavy atom. The number of nitrogens with zero attached hydrogens (tertiary/aromatic N) is 3. The van der Waals surface area contributed by atoms with Crippen LogP contribution in [0.15, 0.2) is 36.4 Å². The van der Waals surface area contributed by atoms with Crippen LogP contribution in [-0.4, -0.2) is 43.0 Å². The summed E-state index contributed by atoms with van der Waals surface area (Å²) in [6.45, 7) is 7.86. The molecule has 0 aliphatic carbocycles. The van der Waals surface area contributed by atoms with Crippen LogP contribution >= 0.6 is 23.7 Å². The van der Waals surface area contributed by atoms with Crippen LogP contribution in [-0.2, 0) is 6.42 Å². The second kappa shape index (κ2) is 10.2. The van der Waals surface area contributed by atoms with Crippen molar-refractivity contribution in [2.45, 2.75) is 33.6 Å². The zero-order valence-electron chi connectivity index (χ0n) is 17.9. The molecule has 1 aromatic heterocycles. The molecule has 0 fully saturated rings. The van der Waals surface area contributed by atoms with Gasteiger partial charge in [-0.25, -0.2) is 4.98 Å². The van der Waals surface area contributed by atoms with Crippen LogP contribution in [0.3, 0.4) is 0 Å². The summed E-state index contributed by atoms with van der Waals surface area (Å²) in [5.41, 5.74) is 5.31. The third-order valence-electron chi connectivity index (χ3n) is 5.07. The average molecular weight is 432 g/mol. The number of rotatable bonds is 7. The molecule has 0 radical (unpaired) electrons. The number of thiazole rings is 1. The first kappa shape index (κ1) is 23.3. The zero-order valence-corrected chi connectivity index (χ0v) is 19.5. The maximum absolute atomic E-state index is 13.4. The minimum Gasteiger partial charge on any atom is -0.309 e. The molecule has 3 rings (SSSR count). The maximum atomic E-state index is 13.4. The molecule has 0 N–H and O–H groups in total. The maximum Gasteiger partial charge on any atom is 0.260 e. The van der Waals surface area contributed by atoms with Crippen LogP contribution in [0.4, 0.5) is 5.13 Å². The van der Waals surface area contributed by atoms with Crippen LogP contribution in [0.2, 0.25) is 0 Å². The number of aryl methyl sites for hydroxylation is 3. The summed E-state index contributed by atoms with van der Waals surface area (Å²) in [6.07, 6.45) is 1.90. The van der Waals surface area contributed by atoms with Crippen molar-refractivity contribution >= 4 is 45.0 Å². The van der Waals surface area contributed by atoms with Crippen molar-refractivity contribution < 1.29 is 4.79 Å². The Labute approximate surface area is 184 Å². The fourth-order valence-electron chi connectivity index (χ4n) is 3.15. The van der Waals surface area contributed by atoms with E-state index in [1.165, 1.54) is 11.1 Å². The van der Waals surface area contributed by atoms with E-state index in [0.29, 0.717) is 6.54 Å². The smallest absolute Gasteiger partial charge is 0.260 e. The lowest BCUT2D eigenvalue weighted by Gasteiger charge is -2.21. The Hall–Kier alpha value is -1.95. The fraction of sp³-hybridized carbons (Fsp3) is 0.391. The number of hydrogen-bond acceptors (Lipinski definition) is 4. The monoisotopic (exact) mass is 431 g/mol. The first-order valence-electron chi connectivity index (χ1n) is 9.82. The van der Waals surface area contributed by atoms with Gasteiger partial charge >= 0.3 is 0 Å². The van der Waals surface area contributed by atoms with E-state index in [1.54, 1.807) is 11.3 Å². The molecule has 0 unspecified atom stereocenters. The van der Waals surface area contributed by atoms with Gasteiger partial charge in [-0.2, -0.15) is 0 Å². The molecule has 0 aliphatic rings. The number of amides is 1. The summed E-state index contributed by atoms with van der Waals surface area (Å²) in [5.74, 6) is 0.0247. The predicted octanol–water partition coefficient (Wildman–Crippen LogP) is 5.50. The Bertz CT molecular complexity index is 983. The molecule has 29 heavy (non-hydrogen) atoms. The number of anilines is 1. The van der Waals surface area contributed by atoms with Crippen molar-refractivity contribution in [3.8, 4) is 0 Å². The summed E-state index contributed by atoms with van der Waals surface area (Å²) < 4.78 is 1.14. The number of fused-ring (bicyclic) bond motifs is 1. The van der Waals surface area contributed by atoms with Gasteiger partial charge in [0.05, 0.1) is 10.2 Å². The Kier molecular flexibility index (Phi) is 8.20. The van der Waals surface area contributed by atoms with Gasteiger partial charge < -0.3 is 4.90 Å². The highest BCUT2D eigenvalue weighted by atomic mass is 35.5. The SMILES string of the molecule is CCc1ccc2nc(N(CCCN(C)C)C(=O)c3ccc(C)c(C)c3)sc2c1.Cl. The third kappa shape index (κ3) is 5.56. The Balaban J connectivity index is 0.00000300. The molecule has 1 heterocycles. The lowest BCUT2D eigenvalue weighted by Crippen LogP contribution is -2.33. The van der Waals surface area contributed by atoms with Crippen molar-refractivity contribution in [1.29, 1.82) is 0 Å². The molecule has 3 aromatic rings. The topological polar surface area (TPSA) is 36.4 Å². The van der Waals surface area contributed by atoms with Gasteiger partial charge in [0.1, 0.15) is 0 Å². The highest BCUT2D eigenvalue weighted by Crippen LogP contribution is 2.31. The summed E-state index contributed by atoms with van der Waals surface area (Å²) in [7, 11) is 4.11. The lowest BCUT2D eigenvalue weighted by molar-refractivity contribution is 0.0986. The number of halogens is 1. The molecule has 0 aliphatic heterocycles. The van der Waals surface area contributed by atoms with Crippen molar-refractivity contribution in [1.82, 2.24) is 9.88 Å². The highest BCUT2D eigenvalue weighted by molar-refractivity contribution is 7.22. The molecule has 2 aromatic carbocycles. The first-order chi connectivity index (χ1) is 13.4. The van der Waals surface area contributed by atoms with Gasteiger partial charge in [-0.15, -0.1) is 12.4 Å². The van der Waals surface area contributed by atoms with E-state index in [-0.39, 0.29) is 18.3 Å². The van der Waals surface area contributed by atoms with Crippen molar-refractivity contribution in [3.05, 3.63) is 58.7 Å². The van der Waals surface area contributed by atoms with Crippen LogP contribution in [0.1, 0.15) is 40.4 Å². The lowest BCUT2D eigenvalue weighted by atomic mass is 10.1. The average Bonchev–Trinajstić information content (AvgIpc) is 3.09. The van der Waals surface area contributed by atoms with Gasteiger partial charge in [-0.1, -0.05) is 30.4 Å². The highest BCUT2D eigenvalue weighted by Gasteiger charge is 2.21. The van der Waals surface area contributed by atoms with Crippen LogP contribution in [0.25, 0.3) is 10.2 Å². The number of carbonyl (C=O) groups is 1. The molecule has 0 saturated carbocycles. The fourth-order valence-corrected chi connectivity index (χ4v) is 4.21. The van der Waals surface area contributed by atoms with E-state index >= 15 is 0 Å². The standard InChI is InChI=1S/C23H29N3OS.ClH/c1-6-18-9-11-20-21(15-18)28-23(24-20)26(13-7-12-25(4)5)22(27)19-10-8-16(2)17(3)14-19;/h8-11,14-15H,6-7,12-13H2,1-5H3;1H. The van der Waals surface area contributed by atoms with Crippen molar-refractivity contribution in [2.75, 3.05) is 32.1 Å². The molecular weight excluding hydrogens is 402 g/mol. The number of carbonyl (C=O) groups excluding carboxylic acids is 1. The van der Waals surface area contributed by atoms with Crippen LogP contribution < -0.4 is 4.90 Å². The van der Waals surface area contributed by atoms with Gasteiger partial charge in [0.25, 0.3) is 5.91 Å². The molecule has 0 bridgehead atoms. The first-order valence-corrected chi connectivity index (χ1v) is 10.6. The minimum atomic E-state index is 0. The van der Waals surface area contributed by atoms with E-state index in [9.17, 15) is 4.79 Å². The summed E-state index contributed by atoms with van der Waals surface area (Å²) >= 11 is 1.60. The van der Waals surface area contributed by atoms with Crippen molar-refractivity contribution in [3.63, 3.8) is 0 Å². The molecule has 1 amide bonds. The Morgan fingerprint density at radius 2 is 1.79 bits per heavy atom. The van der Waals surface area contributed by atoms with Gasteiger partial charge in [-0.3, -0.25) is 9.69 Å². The van der Waals surface area contributed by atoms with E-state index in [4.69, 9.17) is 4.98 Å². The summed E-state index contributed by atoms with van der Waals surface area (Å²) in [5, 5.41) is 0.783. The predicted molar refractivity (Wildman–Crippen MR) is 127 cm³/mol. The number of aromatic nitrogens is 1. The third-order valence-corrected chi connectivity index (χ3v) is 6.11. The molecule has 0 spiro atoms. The Morgan fingerprint density at radius 1 is 1.03 bits per heavy atom. The van der Waals surface area contributed by atoms with E-state index in [1.807, 2.05) is 30.0 Å². The molecule has 0 atom stereocenters. The molecule has 4 nitrogen and oxygen atoms in total. The normalized spacial score (nSPS) is 11.0. The van der Waals surface area contributed by atoms with Crippen LogP contribution in [0.5, 0.6) is 0 Å². The summed E-state index contributed by atoms with van der Waals surface area (Å²) in [4.78, 5) is 22.1. The largest absolute Gasteiger partial charge is 0.309 e. The quantitative estimate of drug-likeness (QED) is 0.495. The van der Waals surface area contributed by atoms with E-state index in [0.717, 1.165) is 45.9 Å². The van der Waals surface area contributed by atoms with Crippen molar-refractivity contribution in [2.24, 2.45) is 0 Å². The second-order valence-electron chi connectivity index (χ2n) is 7.56. The van der Waals surface area contributed by atoms with E-state index < -0.39 is 0 Å². The molecular formula is C23H30ClN3OS. The molecule has 6 heteroatoms. The van der Waals surface area contributed by atoms with Gasteiger partial charge in [0.2, 0.25) is 0 Å². The van der Waals surface area contributed by atoms with Gasteiger partial charge in [-0.05, 0) is 88.3 Å². The number of benzene rings is 2. The number of hydrogen-bond donors (Lipinski definition) is 0. The zero-order chi connectivity index (χ0) is 20.3. The summed E-state index contributed by atoms with van der Waals surface area (Å²) in [6, 6.07) is 12.3. The molecule has 156 valence electrons. The molecule has 0 saturated heterocycles. The van der Waals surface area contributed by atoms with E-state index in [2.05, 4.69) is 51.0 Å². The van der Waals surface area contributed by atoms with Crippen LogP contribution in [0, 0.1) is 13.8 Å².